The van der Waals surface area contributed by atoms with Crippen LogP contribution in [0, 0.1) is 0 Å². The second-order valence-corrected chi connectivity index (χ2v) is 6.10. The highest BCUT2D eigenvalue weighted by Gasteiger charge is 1.97. The molecule has 0 heterocycles. The summed E-state index contributed by atoms with van der Waals surface area (Å²) in [6.07, 6.45) is 14.4. The predicted molar refractivity (Wildman–Crippen MR) is 97.9 cm³/mol. The number of hydrogen-bond acceptors (Lipinski definition) is 4. The number of amides is 2. The highest BCUT2D eigenvalue weighted by Crippen LogP contribution is 2.11. The monoisotopic (exact) mass is 360 g/mol. The molecule has 0 rings (SSSR count). The van der Waals surface area contributed by atoms with E-state index < -0.39 is 17.8 Å². The highest BCUT2D eigenvalue weighted by atomic mass is 16.5. The van der Waals surface area contributed by atoms with E-state index in [-0.39, 0.29) is 13.2 Å². The Bertz CT molecular complexity index is 334. The Kier molecular flexibility index (Phi) is 20.9. The number of unbranched alkanes of at least 4 members (excludes halogenated alkanes) is 10. The average molecular weight is 360 g/mol. The first-order chi connectivity index (χ1) is 11.9. The molecule has 0 radical (unpaired) electrons. The SMILES string of the molecule is CCCCCCCCCCCCCC(=O)O.NC(=O)COCC(N)=O. The number of rotatable bonds is 16. The van der Waals surface area contributed by atoms with E-state index >= 15 is 0 Å². The predicted octanol–water partition coefficient (Wildman–Crippen LogP) is 2.75. The van der Waals surface area contributed by atoms with Crippen LogP contribution >= 0.6 is 0 Å². The zero-order valence-electron chi connectivity index (χ0n) is 15.6. The molecule has 0 aromatic rings. The van der Waals surface area contributed by atoms with Crippen molar-refractivity contribution in [3.8, 4) is 0 Å². The number of aliphatic carboxylic acids is 1. The second kappa shape index (κ2) is 20.4. The molecule has 0 aliphatic carbocycles. The van der Waals surface area contributed by atoms with Crippen LogP contribution in [0.15, 0.2) is 0 Å². The molecule has 0 atom stereocenters. The maximum Gasteiger partial charge on any atom is 0.303 e. The summed E-state index contributed by atoms with van der Waals surface area (Å²) in [4.78, 5) is 30.1. The van der Waals surface area contributed by atoms with E-state index in [9.17, 15) is 14.4 Å². The van der Waals surface area contributed by atoms with Crippen molar-refractivity contribution in [1.82, 2.24) is 0 Å². The summed E-state index contributed by atoms with van der Waals surface area (Å²) in [7, 11) is 0. The summed E-state index contributed by atoms with van der Waals surface area (Å²) in [5, 5.41) is 8.46. The molecular formula is C18H36N2O5. The zero-order valence-corrected chi connectivity index (χ0v) is 15.6. The van der Waals surface area contributed by atoms with Gasteiger partial charge in [-0.1, -0.05) is 71.1 Å². The van der Waals surface area contributed by atoms with Gasteiger partial charge in [0.05, 0.1) is 0 Å². The van der Waals surface area contributed by atoms with Crippen LogP contribution in [0.3, 0.4) is 0 Å². The molecule has 7 nitrogen and oxygen atoms in total. The number of ether oxygens (including phenoxy) is 1. The molecule has 0 aromatic heterocycles. The number of carboxylic acids is 1. The lowest BCUT2D eigenvalue weighted by Crippen LogP contribution is -2.24. The van der Waals surface area contributed by atoms with E-state index in [1.165, 1.54) is 57.8 Å². The van der Waals surface area contributed by atoms with E-state index in [1.54, 1.807) is 0 Å². The summed E-state index contributed by atoms with van der Waals surface area (Å²) in [6, 6.07) is 0. The van der Waals surface area contributed by atoms with Crippen molar-refractivity contribution in [2.75, 3.05) is 13.2 Å². The van der Waals surface area contributed by atoms with Gasteiger partial charge >= 0.3 is 5.97 Å². The van der Waals surface area contributed by atoms with Crippen molar-refractivity contribution >= 4 is 17.8 Å². The van der Waals surface area contributed by atoms with Crippen LogP contribution in [-0.4, -0.2) is 36.1 Å². The molecule has 0 bridgehead atoms. The third-order valence-electron chi connectivity index (χ3n) is 3.48. The number of carbonyl (C=O) groups excluding carboxylic acids is 2. The van der Waals surface area contributed by atoms with Gasteiger partial charge in [0, 0.05) is 6.42 Å². The van der Waals surface area contributed by atoms with Gasteiger partial charge < -0.3 is 21.3 Å². The van der Waals surface area contributed by atoms with E-state index in [1.807, 2.05) is 0 Å². The van der Waals surface area contributed by atoms with Crippen molar-refractivity contribution in [3.05, 3.63) is 0 Å². The minimum absolute atomic E-state index is 0.261. The Morgan fingerprint density at radius 1 is 0.720 bits per heavy atom. The highest BCUT2D eigenvalue weighted by molar-refractivity contribution is 5.77. The molecule has 5 N–H and O–H groups in total. The number of carbonyl (C=O) groups is 3. The van der Waals surface area contributed by atoms with Gasteiger partial charge in [0.25, 0.3) is 0 Å². The van der Waals surface area contributed by atoms with Crippen LogP contribution in [0.4, 0.5) is 0 Å². The largest absolute Gasteiger partial charge is 0.481 e. The lowest BCUT2D eigenvalue weighted by molar-refractivity contribution is -0.137. The van der Waals surface area contributed by atoms with Crippen LogP contribution in [0.2, 0.25) is 0 Å². The number of hydrogen-bond donors (Lipinski definition) is 3. The van der Waals surface area contributed by atoms with Gasteiger partial charge in [-0.05, 0) is 6.42 Å². The molecule has 0 saturated carbocycles. The maximum absolute atomic E-state index is 10.3. The third kappa shape index (κ3) is 30.8. The van der Waals surface area contributed by atoms with E-state index in [2.05, 4.69) is 23.1 Å². The first-order valence-electron chi connectivity index (χ1n) is 9.26. The van der Waals surface area contributed by atoms with E-state index in [0.717, 1.165) is 12.8 Å². The van der Waals surface area contributed by atoms with Gasteiger partial charge in [0.2, 0.25) is 11.8 Å². The van der Waals surface area contributed by atoms with Gasteiger partial charge in [-0.2, -0.15) is 0 Å². The lowest BCUT2D eigenvalue weighted by Gasteiger charge is -2.01. The minimum Gasteiger partial charge on any atom is -0.481 e. The summed E-state index contributed by atoms with van der Waals surface area (Å²) >= 11 is 0. The average Bonchev–Trinajstić information content (AvgIpc) is 2.52. The Balaban J connectivity index is 0. The molecular weight excluding hydrogens is 324 g/mol. The topological polar surface area (TPSA) is 133 Å². The molecule has 0 aliphatic heterocycles. The smallest absolute Gasteiger partial charge is 0.303 e. The molecule has 148 valence electrons. The van der Waals surface area contributed by atoms with E-state index in [4.69, 9.17) is 5.11 Å². The Labute approximate surface area is 151 Å². The molecule has 25 heavy (non-hydrogen) atoms. The fraction of sp³-hybridized carbons (Fsp3) is 0.833. The molecule has 2 amide bonds. The van der Waals surface area contributed by atoms with Gasteiger partial charge in [0.15, 0.2) is 0 Å². The van der Waals surface area contributed by atoms with Gasteiger partial charge in [-0.3, -0.25) is 14.4 Å². The van der Waals surface area contributed by atoms with Gasteiger partial charge in [-0.15, -0.1) is 0 Å². The fourth-order valence-corrected chi connectivity index (χ4v) is 2.19. The Morgan fingerprint density at radius 3 is 1.40 bits per heavy atom. The minimum atomic E-state index is -0.657. The molecule has 0 aliphatic rings. The van der Waals surface area contributed by atoms with Crippen molar-refractivity contribution in [3.63, 3.8) is 0 Å². The Hall–Kier alpha value is -1.63. The summed E-state index contributed by atoms with van der Waals surface area (Å²) in [6.45, 7) is 1.73. The van der Waals surface area contributed by atoms with Gasteiger partial charge in [-0.25, -0.2) is 0 Å². The quantitative estimate of drug-likeness (QED) is 0.364. The first kappa shape index (κ1) is 25.6. The van der Waals surface area contributed by atoms with Crippen molar-refractivity contribution in [2.24, 2.45) is 11.5 Å². The fourth-order valence-electron chi connectivity index (χ4n) is 2.19. The van der Waals surface area contributed by atoms with Crippen LogP contribution < -0.4 is 11.5 Å². The summed E-state index contributed by atoms with van der Waals surface area (Å²) in [5.74, 6) is -1.89. The van der Waals surface area contributed by atoms with Crippen LogP contribution in [-0.2, 0) is 19.1 Å². The normalized spacial score (nSPS) is 9.96. The van der Waals surface area contributed by atoms with Gasteiger partial charge in [0.1, 0.15) is 13.2 Å². The number of nitrogens with two attached hydrogens (primary N) is 2. The van der Waals surface area contributed by atoms with Crippen LogP contribution in [0.1, 0.15) is 84.0 Å². The number of carboxylic acid groups (broad SMARTS) is 1. The molecule has 0 saturated heterocycles. The zero-order chi connectivity index (χ0) is 19.3. The van der Waals surface area contributed by atoms with E-state index in [0.29, 0.717) is 6.42 Å². The molecule has 0 unspecified atom stereocenters. The van der Waals surface area contributed by atoms with Crippen molar-refractivity contribution in [2.45, 2.75) is 84.0 Å². The lowest BCUT2D eigenvalue weighted by atomic mass is 10.1. The summed E-state index contributed by atoms with van der Waals surface area (Å²) < 4.78 is 4.41. The third-order valence-corrected chi connectivity index (χ3v) is 3.48. The number of primary amides is 2. The molecule has 0 aromatic carbocycles. The Morgan fingerprint density at radius 2 is 1.08 bits per heavy atom. The standard InChI is InChI=1S/C14H28O2.C4H8N2O3/c1-2-3-4-5-6-7-8-9-10-11-12-13-14(15)16;5-3(7)1-9-2-4(6)8/h2-13H2,1H3,(H,15,16);1-2H2,(H2,5,7)(H2,6,8). The summed E-state index contributed by atoms with van der Waals surface area (Å²) in [5.41, 5.74) is 9.33. The second-order valence-electron chi connectivity index (χ2n) is 6.10. The molecule has 0 fully saturated rings. The van der Waals surface area contributed by atoms with Crippen molar-refractivity contribution < 1.29 is 24.2 Å². The maximum atomic E-state index is 10.3. The van der Waals surface area contributed by atoms with Crippen molar-refractivity contribution in [1.29, 1.82) is 0 Å². The molecule has 0 spiro atoms. The first-order valence-corrected chi connectivity index (χ1v) is 9.26. The molecule has 7 heteroatoms. The van der Waals surface area contributed by atoms with Crippen LogP contribution in [0.5, 0.6) is 0 Å². The van der Waals surface area contributed by atoms with Crippen LogP contribution in [0.25, 0.3) is 0 Å².